The molecule has 1 amide bonds. The van der Waals surface area contributed by atoms with E-state index in [-0.39, 0.29) is 41.9 Å². The SMILES string of the molecule is CCc1ccc(CCNC2C(F)CC3C(=O)C(C(=O)N(C)CCc4ccccn4)=CN4C5CC6CCCCC6CC5OC2C34)cc1OC. The van der Waals surface area contributed by atoms with Crippen LogP contribution in [0.15, 0.2) is 54.4 Å². The summed E-state index contributed by atoms with van der Waals surface area (Å²) in [5.41, 5.74) is 3.38. The number of ketones is 1. The normalized spacial score (nSPS) is 32.4. The Morgan fingerprint density at radius 3 is 2.69 bits per heavy atom. The van der Waals surface area contributed by atoms with Crippen molar-refractivity contribution in [3.8, 4) is 5.75 Å². The molecule has 9 unspecified atom stereocenters. The zero-order valence-electron chi connectivity index (χ0n) is 28.7. The van der Waals surface area contributed by atoms with Gasteiger partial charge in [-0.3, -0.25) is 14.6 Å². The topological polar surface area (TPSA) is 84.0 Å². The molecule has 5 aliphatic rings. The Bertz CT molecular complexity index is 1500. The van der Waals surface area contributed by atoms with Crippen molar-refractivity contribution in [3.05, 3.63) is 71.2 Å². The number of benzene rings is 1. The molecule has 8 nitrogen and oxygen atoms in total. The number of fused-ring (bicyclic) bond motifs is 3. The van der Waals surface area contributed by atoms with Gasteiger partial charge in [0.2, 0.25) is 0 Å². The quantitative estimate of drug-likeness (QED) is 0.357. The summed E-state index contributed by atoms with van der Waals surface area (Å²) < 4.78 is 28.9. The van der Waals surface area contributed by atoms with Crippen LogP contribution in [0.2, 0.25) is 0 Å². The van der Waals surface area contributed by atoms with Crippen LogP contribution in [0, 0.1) is 17.8 Å². The summed E-state index contributed by atoms with van der Waals surface area (Å²) in [7, 11) is 3.44. The van der Waals surface area contributed by atoms with Crippen molar-refractivity contribution in [2.75, 3.05) is 27.2 Å². The van der Waals surface area contributed by atoms with Crippen molar-refractivity contribution in [2.45, 2.75) is 108 Å². The van der Waals surface area contributed by atoms with Crippen LogP contribution in [-0.4, -0.2) is 90.2 Å². The average Bonchev–Trinajstić information content (AvgIpc) is 3.11. The van der Waals surface area contributed by atoms with E-state index in [0.717, 1.165) is 42.7 Å². The molecule has 0 radical (unpaired) electrons. The lowest BCUT2D eigenvalue weighted by molar-refractivity contribution is -0.208. The number of likely N-dealkylation sites (N-methyl/N-ethyl adjacent to an activating group) is 1. The Morgan fingerprint density at radius 1 is 1.12 bits per heavy atom. The molecule has 3 aliphatic carbocycles. The maximum atomic E-state index is 16.4. The minimum atomic E-state index is -1.27. The molecule has 1 aromatic heterocycles. The largest absolute Gasteiger partial charge is 0.496 e. The Morgan fingerprint density at radius 2 is 1.94 bits per heavy atom. The van der Waals surface area contributed by atoms with Crippen molar-refractivity contribution < 1.29 is 23.5 Å². The number of hydrogen-bond acceptors (Lipinski definition) is 7. The fraction of sp³-hybridized carbons (Fsp3) is 0.615. The number of nitrogens with zero attached hydrogens (tertiary/aromatic N) is 3. The van der Waals surface area contributed by atoms with Crippen molar-refractivity contribution >= 4 is 11.7 Å². The molecule has 3 saturated carbocycles. The molecule has 7 rings (SSSR count). The van der Waals surface area contributed by atoms with Gasteiger partial charge in [0, 0.05) is 44.0 Å². The molecule has 9 heteroatoms. The molecular weight excluding hydrogens is 607 g/mol. The first kappa shape index (κ1) is 33.2. The summed E-state index contributed by atoms with van der Waals surface area (Å²) >= 11 is 0. The molecule has 1 aromatic carbocycles. The van der Waals surface area contributed by atoms with E-state index in [2.05, 4.69) is 40.3 Å². The van der Waals surface area contributed by atoms with E-state index in [1.165, 1.54) is 31.2 Å². The van der Waals surface area contributed by atoms with Gasteiger partial charge in [0.15, 0.2) is 5.78 Å². The highest BCUT2D eigenvalue weighted by Crippen LogP contribution is 2.50. The van der Waals surface area contributed by atoms with Crippen molar-refractivity contribution in [3.63, 3.8) is 0 Å². The molecule has 4 fully saturated rings. The number of morpholine rings is 1. The molecule has 2 aromatic rings. The molecule has 2 aliphatic heterocycles. The zero-order valence-corrected chi connectivity index (χ0v) is 28.7. The number of carbonyl (C=O) groups is 2. The number of pyridine rings is 1. The van der Waals surface area contributed by atoms with Crippen LogP contribution in [0.4, 0.5) is 4.39 Å². The number of aryl methyl sites for hydroxylation is 1. The van der Waals surface area contributed by atoms with E-state index in [1.54, 1.807) is 25.3 Å². The first-order valence-electron chi connectivity index (χ1n) is 18.2. The number of rotatable bonds is 10. The zero-order chi connectivity index (χ0) is 33.4. The van der Waals surface area contributed by atoms with Crippen LogP contribution in [0.25, 0.3) is 0 Å². The molecule has 9 atom stereocenters. The van der Waals surface area contributed by atoms with E-state index >= 15 is 4.39 Å². The number of aromatic nitrogens is 1. The molecule has 48 heavy (non-hydrogen) atoms. The number of methoxy groups -OCH3 is 1. The highest BCUT2D eigenvalue weighted by atomic mass is 19.1. The van der Waals surface area contributed by atoms with Crippen molar-refractivity contribution in [1.29, 1.82) is 0 Å². The summed E-state index contributed by atoms with van der Waals surface area (Å²) in [5.74, 6) is 0.988. The summed E-state index contributed by atoms with van der Waals surface area (Å²) in [6.45, 7) is 3.15. The number of nitrogens with one attached hydrogen (secondary N) is 1. The van der Waals surface area contributed by atoms with Gasteiger partial charge in [-0.1, -0.05) is 50.8 Å². The summed E-state index contributed by atoms with van der Waals surface area (Å²) in [6, 6.07) is 11.3. The van der Waals surface area contributed by atoms with Crippen LogP contribution in [0.5, 0.6) is 5.75 Å². The fourth-order valence-corrected chi connectivity index (χ4v) is 9.44. The van der Waals surface area contributed by atoms with Crippen molar-refractivity contribution in [1.82, 2.24) is 20.1 Å². The van der Waals surface area contributed by atoms with E-state index in [4.69, 9.17) is 9.47 Å². The molecule has 0 spiro atoms. The molecule has 258 valence electrons. The second-order valence-corrected chi connectivity index (χ2v) is 14.7. The molecule has 3 heterocycles. The standard InChI is InChI=1S/C39H51FN4O4/c1-4-25-13-12-24(19-33(25)47-3)14-17-42-35-31(40)22-29-36-38(35)48-34-21-27-10-6-5-9-26(27)20-32(34)44(36)23-30(37(29)45)39(46)43(2)18-15-28-11-7-8-16-41-28/h7-8,11-13,16,19,23,26-27,29,31-32,34-36,38,42H,4-6,9-10,14-15,17-18,20-22H2,1-3H3. The van der Waals surface area contributed by atoms with Crippen LogP contribution in [0.1, 0.15) is 68.7 Å². The highest BCUT2D eigenvalue weighted by Gasteiger charge is 2.59. The predicted octanol–water partition coefficient (Wildman–Crippen LogP) is 5.09. The summed E-state index contributed by atoms with van der Waals surface area (Å²) in [6.07, 6.45) is 11.1. The molecule has 1 saturated heterocycles. The first-order valence-corrected chi connectivity index (χ1v) is 18.2. The van der Waals surface area contributed by atoms with Crippen LogP contribution >= 0.6 is 0 Å². The summed E-state index contributed by atoms with van der Waals surface area (Å²) in [4.78, 5) is 36.4. The van der Waals surface area contributed by atoms with Gasteiger partial charge in [0.05, 0.1) is 43.0 Å². The van der Waals surface area contributed by atoms with Crippen LogP contribution in [-0.2, 0) is 33.6 Å². The third kappa shape index (κ3) is 6.40. The van der Waals surface area contributed by atoms with E-state index in [0.29, 0.717) is 31.3 Å². The fourth-order valence-electron chi connectivity index (χ4n) is 9.44. The number of amides is 1. The highest BCUT2D eigenvalue weighted by molar-refractivity contribution is 6.20. The lowest BCUT2D eigenvalue weighted by Gasteiger charge is -2.61. The minimum absolute atomic E-state index is 0.0469. The maximum absolute atomic E-state index is 16.4. The first-order chi connectivity index (χ1) is 23.4. The van der Waals surface area contributed by atoms with Crippen LogP contribution in [0.3, 0.4) is 0 Å². The van der Waals surface area contributed by atoms with Gasteiger partial charge in [-0.15, -0.1) is 0 Å². The predicted molar refractivity (Wildman–Crippen MR) is 182 cm³/mol. The number of alkyl halides is 1. The van der Waals surface area contributed by atoms with Gasteiger partial charge in [-0.25, -0.2) is 4.39 Å². The Hall–Kier alpha value is -3.30. The average molecular weight is 659 g/mol. The maximum Gasteiger partial charge on any atom is 0.258 e. The van der Waals surface area contributed by atoms with Gasteiger partial charge in [0.1, 0.15) is 11.9 Å². The van der Waals surface area contributed by atoms with Gasteiger partial charge < -0.3 is 24.6 Å². The minimum Gasteiger partial charge on any atom is -0.496 e. The molecule has 0 bridgehead atoms. The number of carbonyl (C=O) groups excluding carboxylic acids is 2. The summed E-state index contributed by atoms with van der Waals surface area (Å²) in [5, 5.41) is 3.55. The van der Waals surface area contributed by atoms with E-state index < -0.39 is 24.2 Å². The van der Waals surface area contributed by atoms with E-state index in [9.17, 15) is 9.59 Å². The van der Waals surface area contributed by atoms with Gasteiger partial charge in [-0.2, -0.15) is 0 Å². The van der Waals surface area contributed by atoms with Crippen molar-refractivity contribution in [2.24, 2.45) is 17.8 Å². The van der Waals surface area contributed by atoms with Gasteiger partial charge >= 0.3 is 0 Å². The smallest absolute Gasteiger partial charge is 0.258 e. The number of hydrogen-bond donors (Lipinski definition) is 1. The second kappa shape index (κ2) is 14.3. The molecule has 1 N–H and O–H groups in total. The Labute approximate surface area is 284 Å². The van der Waals surface area contributed by atoms with E-state index in [1.807, 2.05) is 24.4 Å². The number of Topliss-reactive ketones (excluding diaryl/α,β-unsaturated/α-hetero) is 1. The van der Waals surface area contributed by atoms with Gasteiger partial charge in [-0.05, 0) is 79.8 Å². The van der Waals surface area contributed by atoms with Gasteiger partial charge in [0.25, 0.3) is 5.91 Å². The Kier molecular flexibility index (Phi) is 9.88. The lowest BCUT2D eigenvalue weighted by atomic mass is 9.65. The number of ether oxygens (including phenoxy) is 2. The monoisotopic (exact) mass is 658 g/mol. The lowest BCUT2D eigenvalue weighted by Crippen LogP contribution is -2.73. The number of halogens is 1. The molecular formula is C39H51FN4O4. The Balaban J connectivity index is 1.13. The second-order valence-electron chi connectivity index (χ2n) is 14.7. The van der Waals surface area contributed by atoms with Crippen LogP contribution < -0.4 is 10.1 Å². The third-order valence-electron chi connectivity index (χ3n) is 12.0. The third-order valence-corrected chi connectivity index (χ3v) is 12.0.